The van der Waals surface area contributed by atoms with Gasteiger partial charge in [-0.15, -0.1) is 5.10 Å². The number of nitrogens with zero attached hydrogens (tertiary/aromatic N) is 3. The zero-order chi connectivity index (χ0) is 13.1. The molecule has 0 saturated heterocycles. The molecule has 0 amide bonds. The minimum absolute atomic E-state index is 0.126. The lowest BCUT2D eigenvalue weighted by molar-refractivity contribution is 0.102. The average molecular weight is 245 g/mol. The van der Waals surface area contributed by atoms with E-state index >= 15 is 0 Å². The van der Waals surface area contributed by atoms with E-state index in [-0.39, 0.29) is 5.78 Å². The summed E-state index contributed by atoms with van der Waals surface area (Å²) in [6.45, 7) is 4.47. The average Bonchev–Trinajstić information content (AvgIpc) is 2.86. The summed E-state index contributed by atoms with van der Waals surface area (Å²) >= 11 is 0. The van der Waals surface area contributed by atoms with E-state index in [0.29, 0.717) is 23.6 Å². The van der Waals surface area contributed by atoms with Crippen LogP contribution in [0.5, 0.6) is 5.75 Å². The highest BCUT2D eigenvalue weighted by Gasteiger charge is 2.18. The van der Waals surface area contributed by atoms with Crippen molar-refractivity contribution >= 4 is 5.78 Å². The normalized spacial score (nSPS) is 10.4. The van der Waals surface area contributed by atoms with Crippen LogP contribution in [0.15, 0.2) is 24.4 Å². The van der Waals surface area contributed by atoms with E-state index in [9.17, 15) is 4.79 Å². The minimum atomic E-state index is -0.126. The number of benzene rings is 1. The first-order chi connectivity index (χ1) is 8.67. The molecule has 1 aromatic heterocycles. The minimum Gasteiger partial charge on any atom is -0.496 e. The Morgan fingerprint density at radius 1 is 1.44 bits per heavy atom. The van der Waals surface area contributed by atoms with Crippen molar-refractivity contribution in [3.8, 4) is 5.75 Å². The number of ketones is 1. The van der Waals surface area contributed by atoms with Crippen LogP contribution in [0.1, 0.15) is 28.5 Å². The van der Waals surface area contributed by atoms with Crippen LogP contribution >= 0.6 is 0 Å². The molecule has 0 unspecified atom stereocenters. The molecule has 0 radical (unpaired) electrons. The van der Waals surface area contributed by atoms with E-state index in [1.165, 1.54) is 6.20 Å². The molecule has 0 atom stereocenters. The molecular weight excluding hydrogens is 230 g/mol. The van der Waals surface area contributed by atoms with E-state index in [2.05, 4.69) is 10.3 Å². The molecule has 0 fully saturated rings. The fourth-order valence-corrected chi connectivity index (χ4v) is 1.79. The Morgan fingerprint density at radius 3 is 2.89 bits per heavy atom. The van der Waals surface area contributed by atoms with E-state index in [0.717, 1.165) is 5.56 Å². The molecule has 0 spiro atoms. The molecule has 94 valence electrons. The van der Waals surface area contributed by atoms with Crippen molar-refractivity contribution in [1.29, 1.82) is 0 Å². The fourth-order valence-electron chi connectivity index (χ4n) is 1.79. The quantitative estimate of drug-likeness (QED) is 0.771. The van der Waals surface area contributed by atoms with Gasteiger partial charge >= 0.3 is 0 Å². The first-order valence-corrected chi connectivity index (χ1v) is 5.75. The number of rotatable bonds is 4. The maximum atomic E-state index is 12.4. The van der Waals surface area contributed by atoms with Crippen LogP contribution in [0.4, 0.5) is 0 Å². The lowest BCUT2D eigenvalue weighted by atomic mass is 10.1. The van der Waals surface area contributed by atoms with E-state index in [1.54, 1.807) is 17.9 Å². The molecule has 1 aromatic carbocycles. The largest absolute Gasteiger partial charge is 0.496 e. The topological polar surface area (TPSA) is 57.0 Å². The number of hydrogen-bond donors (Lipinski definition) is 0. The van der Waals surface area contributed by atoms with Crippen LogP contribution in [0.3, 0.4) is 0 Å². The Bertz CT molecular complexity index is 575. The molecule has 0 bridgehead atoms. The van der Waals surface area contributed by atoms with E-state index in [1.807, 2.05) is 26.0 Å². The number of carbonyl (C=O) groups is 1. The van der Waals surface area contributed by atoms with Gasteiger partial charge in [0.25, 0.3) is 0 Å². The van der Waals surface area contributed by atoms with Crippen LogP contribution in [-0.2, 0) is 6.54 Å². The zero-order valence-corrected chi connectivity index (χ0v) is 10.7. The van der Waals surface area contributed by atoms with Crippen LogP contribution < -0.4 is 4.74 Å². The number of methoxy groups -OCH3 is 1. The van der Waals surface area contributed by atoms with Crippen molar-refractivity contribution in [2.45, 2.75) is 20.4 Å². The zero-order valence-electron chi connectivity index (χ0n) is 10.7. The summed E-state index contributed by atoms with van der Waals surface area (Å²) in [6, 6.07) is 5.49. The summed E-state index contributed by atoms with van der Waals surface area (Å²) < 4.78 is 6.82. The maximum Gasteiger partial charge on any atom is 0.216 e. The summed E-state index contributed by atoms with van der Waals surface area (Å²) in [4.78, 5) is 12.4. The van der Waals surface area contributed by atoms with Gasteiger partial charge in [0.05, 0.1) is 18.9 Å². The van der Waals surface area contributed by atoms with Crippen molar-refractivity contribution in [3.05, 3.63) is 41.2 Å². The van der Waals surface area contributed by atoms with Crippen molar-refractivity contribution in [2.24, 2.45) is 0 Å². The molecule has 0 N–H and O–H groups in total. The second kappa shape index (κ2) is 5.00. The fraction of sp³-hybridized carbons (Fsp3) is 0.308. The molecule has 0 aliphatic carbocycles. The lowest BCUT2D eigenvalue weighted by Gasteiger charge is -2.08. The van der Waals surface area contributed by atoms with Crippen LogP contribution in [-0.4, -0.2) is 27.9 Å². The van der Waals surface area contributed by atoms with Crippen molar-refractivity contribution < 1.29 is 9.53 Å². The molecule has 18 heavy (non-hydrogen) atoms. The Kier molecular flexibility index (Phi) is 3.41. The van der Waals surface area contributed by atoms with Crippen LogP contribution in [0.25, 0.3) is 0 Å². The Morgan fingerprint density at radius 2 is 2.22 bits per heavy atom. The standard InChI is InChI=1S/C13H15N3O2/c1-4-16-11(8-14-15-16)13(17)10-6-5-9(2)7-12(10)18-3/h5-8H,4H2,1-3H3. The molecule has 2 aromatic rings. The molecule has 2 rings (SSSR count). The second-order valence-corrected chi connectivity index (χ2v) is 3.97. The first kappa shape index (κ1) is 12.3. The SMILES string of the molecule is CCn1nncc1C(=O)c1ccc(C)cc1OC. The number of aromatic nitrogens is 3. The summed E-state index contributed by atoms with van der Waals surface area (Å²) in [6.07, 6.45) is 1.48. The molecule has 0 aliphatic heterocycles. The predicted molar refractivity (Wildman–Crippen MR) is 66.9 cm³/mol. The van der Waals surface area contributed by atoms with E-state index < -0.39 is 0 Å². The molecule has 5 heteroatoms. The predicted octanol–water partition coefficient (Wildman–Crippen LogP) is 1.85. The van der Waals surface area contributed by atoms with E-state index in [4.69, 9.17) is 4.74 Å². The third kappa shape index (κ3) is 2.11. The molecule has 1 heterocycles. The Balaban J connectivity index is 2.46. The van der Waals surface area contributed by atoms with Crippen LogP contribution in [0, 0.1) is 6.92 Å². The Labute approximate surface area is 105 Å². The monoisotopic (exact) mass is 245 g/mol. The van der Waals surface area contributed by atoms with Gasteiger partial charge in [0.1, 0.15) is 11.4 Å². The summed E-state index contributed by atoms with van der Waals surface area (Å²) in [5.74, 6) is 0.447. The number of aryl methyl sites for hydroxylation is 2. The summed E-state index contributed by atoms with van der Waals surface area (Å²) in [5, 5.41) is 7.62. The summed E-state index contributed by atoms with van der Waals surface area (Å²) in [5.41, 5.74) is 2.05. The third-order valence-electron chi connectivity index (χ3n) is 2.75. The number of hydrogen-bond acceptors (Lipinski definition) is 4. The highest BCUT2D eigenvalue weighted by Crippen LogP contribution is 2.22. The van der Waals surface area contributed by atoms with Gasteiger partial charge in [-0.25, -0.2) is 4.68 Å². The highest BCUT2D eigenvalue weighted by molar-refractivity contribution is 6.09. The van der Waals surface area contributed by atoms with Gasteiger partial charge in [-0.2, -0.15) is 0 Å². The van der Waals surface area contributed by atoms with Crippen LogP contribution in [0.2, 0.25) is 0 Å². The smallest absolute Gasteiger partial charge is 0.216 e. The van der Waals surface area contributed by atoms with Gasteiger partial charge in [0.2, 0.25) is 5.78 Å². The van der Waals surface area contributed by atoms with Crippen molar-refractivity contribution in [1.82, 2.24) is 15.0 Å². The molecule has 0 aliphatic rings. The van der Waals surface area contributed by atoms with Gasteiger partial charge < -0.3 is 4.74 Å². The highest BCUT2D eigenvalue weighted by atomic mass is 16.5. The third-order valence-corrected chi connectivity index (χ3v) is 2.75. The van der Waals surface area contributed by atoms with Gasteiger partial charge in [-0.1, -0.05) is 11.3 Å². The maximum absolute atomic E-state index is 12.4. The van der Waals surface area contributed by atoms with Gasteiger partial charge in [-0.3, -0.25) is 4.79 Å². The van der Waals surface area contributed by atoms with Gasteiger partial charge in [0, 0.05) is 6.54 Å². The molecule has 0 saturated carbocycles. The first-order valence-electron chi connectivity index (χ1n) is 5.75. The second-order valence-electron chi connectivity index (χ2n) is 3.97. The number of ether oxygens (including phenoxy) is 1. The lowest BCUT2D eigenvalue weighted by Crippen LogP contribution is -2.11. The van der Waals surface area contributed by atoms with Crippen molar-refractivity contribution in [3.63, 3.8) is 0 Å². The number of carbonyl (C=O) groups excluding carboxylic acids is 1. The molecule has 5 nitrogen and oxygen atoms in total. The molecular formula is C13H15N3O2. The van der Waals surface area contributed by atoms with Gasteiger partial charge in [0.15, 0.2) is 0 Å². The van der Waals surface area contributed by atoms with Crippen molar-refractivity contribution in [2.75, 3.05) is 7.11 Å². The Hall–Kier alpha value is -2.17. The van der Waals surface area contributed by atoms with Gasteiger partial charge in [-0.05, 0) is 31.5 Å². The summed E-state index contributed by atoms with van der Waals surface area (Å²) in [7, 11) is 1.56.